The highest BCUT2D eigenvalue weighted by Gasteiger charge is 2.21. The monoisotopic (exact) mass is 277 g/mol. The predicted molar refractivity (Wildman–Crippen MR) is 74.4 cm³/mol. The van der Waals surface area contributed by atoms with E-state index in [1.165, 1.54) is 0 Å². The minimum absolute atomic E-state index is 0.465. The first-order valence-corrected chi connectivity index (χ1v) is 8.45. The zero-order valence-electron chi connectivity index (χ0n) is 11.4. The van der Waals surface area contributed by atoms with Crippen molar-refractivity contribution in [2.45, 2.75) is 45.4 Å². The molecule has 1 aliphatic heterocycles. The van der Waals surface area contributed by atoms with Crippen molar-refractivity contribution in [3.05, 3.63) is 0 Å². The summed E-state index contributed by atoms with van der Waals surface area (Å²) < 4.78 is 28.4. The van der Waals surface area contributed by atoms with Crippen LogP contribution in [0.4, 0.5) is 0 Å². The highest BCUT2D eigenvalue weighted by molar-refractivity contribution is 7.87. The number of rotatable bonds is 7. The molecule has 0 aromatic heterocycles. The summed E-state index contributed by atoms with van der Waals surface area (Å²) >= 11 is 0. The van der Waals surface area contributed by atoms with Gasteiger partial charge in [-0.3, -0.25) is 0 Å². The lowest BCUT2D eigenvalue weighted by atomic mass is 10.1. The van der Waals surface area contributed by atoms with E-state index in [-0.39, 0.29) is 0 Å². The van der Waals surface area contributed by atoms with Crippen LogP contribution < -0.4 is 10.5 Å². The van der Waals surface area contributed by atoms with Crippen molar-refractivity contribution in [1.82, 2.24) is 9.03 Å². The third kappa shape index (κ3) is 5.65. The van der Waals surface area contributed by atoms with Crippen molar-refractivity contribution < 1.29 is 8.42 Å². The Labute approximate surface area is 111 Å². The maximum absolute atomic E-state index is 12.0. The van der Waals surface area contributed by atoms with Crippen LogP contribution in [0, 0.1) is 5.92 Å². The lowest BCUT2D eigenvalue weighted by Crippen LogP contribution is -2.41. The number of hydrogen-bond donors (Lipinski definition) is 2. The number of nitrogens with zero attached hydrogens (tertiary/aromatic N) is 1. The molecule has 18 heavy (non-hydrogen) atoms. The third-order valence-electron chi connectivity index (χ3n) is 3.47. The molecule has 1 fully saturated rings. The maximum Gasteiger partial charge on any atom is 0.279 e. The van der Waals surface area contributed by atoms with E-state index in [1.807, 2.05) is 0 Å². The van der Waals surface area contributed by atoms with E-state index in [4.69, 9.17) is 5.73 Å². The Morgan fingerprint density at radius 1 is 1.22 bits per heavy atom. The molecule has 0 bridgehead atoms. The molecule has 0 saturated carbocycles. The van der Waals surface area contributed by atoms with Gasteiger partial charge in [0, 0.05) is 19.6 Å². The van der Waals surface area contributed by atoms with E-state index in [0.29, 0.717) is 32.1 Å². The van der Waals surface area contributed by atoms with E-state index in [9.17, 15) is 8.42 Å². The molecule has 3 N–H and O–H groups in total. The van der Waals surface area contributed by atoms with E-state index in [1.54, 1.807) is 4.31 Å². The average molecular weight is 277 g/mol. The van der Waals surface area contributed by atoms with Gasteiger partial charge in [-0.2, -0.15) is 12.7 Å². The van der Waals surface area contributed by atoms with Crippen LogP contribution in [0.5, 0.6) is 0 Å². The molecular weight excluding hydrogens is 250 g/mol. The minimum atomic E-state index is -3.26. The van der Waals surface area contributed by atoms with Crippen LogP contribution in [0.3, 0.4) is 0 Å². The second kappa shape index (κ2) is 8.09. The van der Waals surface area contributed by atoms with Crippen LogP contribution >= 0.6 is 0 Å². The standard InChI is InChI=1S/C12H27N3O2S/c1-12(11-13)7-6-8-14-18(16,17)15-9-4-2-3-5-10-15/h12,14H,2-11,13H2,1H3. The fraction of sp³-hybridized carbons (Fsp3) is 1.00. The summed E-state index contributed by atoms with van der Waals surface area (Å²) in [6.45, 7) is 4.59. The topological polar surface area (TPSA) is 75.4 Å². The summed E-state index contributed by atoms with van der Waals surface area (Å²) in [6.07, 6.45) is 6.06. The molecule has 0 aliphatic carbocycles. The molecule has 1 atom stereocenters. The second-order valence-corrected chi connectivity index (χ2v) is 6.95. The normalized spacial score (nSPS) is 20.6. The Balaban J connectivity index is 2.30. The van der Waals surface area contributed by atoms with Crippen molar-refractivity contribution in [1.29, 1.82) is 0 Å². The van der Waals surface area contributed by atoms with E-state index in [0.717, 1.165) is 38.5 Å². The average Bonchev–Trinajstić information content (AvgIpc) is 2.63. The molecule has 1 rings (SSSR count). The van der Waals surface area contributed by atoms with Gasteiger partial charge in [0.05, 0.1) is 0 Å². The Bertz CT molecular complexity index is 311. The molecule has 0 amide bonds. The van der Waals surface area contributed by atoms with Gasteiger partial charge in [0.15, 0.2) is 0 Å². The van der Waals surface area contributed by atoms with Crippen molar-refractivity contribution in [2.24, 2.45) is 11.7 Å². The summed E-state index contributed by atoms with van der Waals surface area (Å²) in [5, 5.41) is 0. The smallest absolute Gasteiger partial charge is 0.279 e. The quantitative estimate of drug-likeness (QED) is 0.684. The molecule has 1 unspecified atom stereocenters. The Morgan fingerprint density at radius 2 is 1.83 bits per heavy atom. The van der Waals surface area contributed by atoms with Crippen molar-refractivity contribution in [3.8, 4) is 0 Å². The van der Waals surface area contributed by atoms with Gasteiger partial charge in [0.25, 0.3) is 10.2 Å². The highest BCUT2D eigenvalue weighted by atomic mass is 32.2. The van der Waals surface area contributed by atoms with Crippen molar-refractivity contribution in [2.75, 3.05) is 26.2 Å². The van der Waals surface area contributed by atoms with Crippen molar-refractivity contribution in [3.63, 3.8) is 0 Å². The molecule has 1 aliphatic rings. The summed E-state index contributed by atoms with van der Waals surface area (Å²) in [5.74, 6) is 0.465. The zero-order valence-corrected chi connectivity index (χ0v) is 12.2. The van der Waals surface area contributed by atoms with Gasteiger partial charge in [-0.05, 0) is 38.1 Å². The van der Waals surface area contributed by atoms with Gasteiger partial charge in [0.1, 0.15) is 0 Å². The van der Waals surface area contributed by atoms with Gasteiger partial charge in [0.2, 0.25) is 0 Å². The molecule has 0 spiro atoms. The van der Waals surface area contributed by atoms with Gasteiger partial charge < -0.3 is 5.73 Å². The summed E-state index contributed by atoms with van der Waals surface area (Å²) in [4.78, 5) is 0. The first kappa shape index (κ1) is 15.9. The van der Waals surface area contributed by atoms with E-state index in [2.05, 4.69) is 11.6 Å². The van der Waals surface area contributed by atoms with Crippen LogP contribution in [0.15, 0.2) is 0 Å². The summed E-state index contributed by atoms with van der Waals surface area (Å²) in [6, 6.07) is 0. The summed E-state index contributed by atoms with van der Waals surface area (Å²) in [5.41, 5.74) is 5.53. The van der Waals surface area contributed by atoms with Gasteiger partial charge in [-0.1, -0.05) is 19.8 Å². The zero-order chi connectivity index (χ0) is 13.4. The molecule has 0 aromatic rings. The minimum Gasteiger partial charge on any atom is -0.330 e. The Hall–Kier alpha value is -0.170. The van der Waals surface area contributed by atoms with Crippen LogP contribution in [0.2, 0.25) is 0 Å². The lowest BCUT2D eigenvalue weighted by molar-refractivity contribution is 0.412. The van der Waals surface area contributed by atoms with Gasteiger partial charge >= 0.3 is 0 Å². The molecule has 6 heteroatoms. The summed E-state index contributed by atoms with van der Waals surface area (Å²) in [7, 11) is -3.26. The molecule has 1 heterocycles. The lowest BCUT2D eigenvalue weighted by Gasteiger charge is -2.20. The van der Waals surface area contributed by atoms with Crippen LogP contribution in [0.25, 0.3) is 0 Å². The Kier molecular flexibility index (Phi) is 7.14. The first-order chi connectivity index (χ1) is 8.56. The molecular formula is C12H27N3O2S. The predicted octanol–water partition coefficient (Wildman–Crippen LogP) is 1.07. The highest BCUT2D eigenvalue weighted by Crippen LogP contribution is 2.12. The van der Waals surface area contributed by atoms with E-state index >= 15 is 0 Å². The molecule has 0 aromatic carbocycles. The maximum atomic E-state index is 12.0. The molecule has 0 radical (unpaired) electrons. The van der Waals surface area contributed by atoms with Crippen LogP contribution in [0.1, 0.15) is 45.4 Å². The van der Waals surface area contributed by atoms with Gasteiger partial charge in [-0.25, -0.2) is 4.72 Å². The fourth-order valence-electron chi connectivity index (χ4n) is 2.14. The van der Waals surface area contributed by atoms with E-state index < -0.39 is 10.2 Å². The molecule has 1 saturated heterocycles. The number of nitrogens with one attached hydrogen (secondary N) is 1. The fourth-order valence-corrected chi connectivity index (χ4v) is 3.47. The third-order valence-corrected chi connectivity index (χ3v) is 5.08. The largest absolute Gasteiger partial charge is 0.330 e. The van der Waals surface area contributed by atoms with Gasteiger partial charge in [-0.15, -0.1) is 0 Å². The Morgan fingerprint density at radius 3 is 2.39 bits per heavy atom. The SMILES string of the molecule is CC(CN)CCCNS(=O)(=O)N1CCCCCC1. The number of hydrogen-bond acceptors (Lipinski definition) is 3. The molecule has 5 nitrogen and oxygen atoms in total. The molecule has 108 valence electrons. The van der Waals surface area contributed by atoms with Crippen LogP contribution in [-0.2, 0) is 10.2 Å². The first-order valence-electron chi connectivity index (χ1n) is 7.01. The second-order valence-electron chi connectivity index (χ2n) is 5.20. The van der Waals surface area contributed by atoms with Crippen molar-refractivity contribution >= 4 is 10.2 Å². The van der Waals surface area contributed by atoms with Crippen LogP contribution in [-0.4, -0.2) is 38.9 Å². The number of nitrogens with two attached hydrogens (primary N) is 1.